The van der Waals surface area contributed by atoms with Crippen molar-refractivity contribution in [2.24, 2.45) is 0 Å². The van der Waals surface area contributed by atoms with Crippen LogP contribution in [0, 0.1) is 0 Å². The SMILES string of the molecule is CN(C)S(=O)(=O)c1ccc(NCCc2ccsc2)cc1. The molecule has 0 aliphatic heterocycles. The molecule has 0 unspecified atom stereocenters. The van der Waals surface area contributed by atoms with Gasteiger partial charge in [0.15, 0.2) is 0 Å². The number of hydrogen-bond donors (Lipinski definition) is 1. The van der Waals surface area contributed by atoms with E-state index in [9.17, 15) is 8.42 Å². The van der Waals surface area contributed by atoms with Crippen LogP contribution in [0.2, 0.25) is 0 Å². The van der Waals surface area contributed by atoms with Crippen LogP contribution in [0.15, 0.2) is 46.0 Å². The van der Waals surface area contributed by atoms with Crippen molar-refractivity contribution in [1.29, 1.82) is 0 Å². The number of anilines is 1. The molecule has 0 saturated heterocycles. The van der Waals surface area contributed by atoms with E-state index in [0.717, 1.165) is 18.7 Å². The van der Waals surface area contributed by atoms with Crippen molar-refractivity contribution in [2.45, 2.75) is 11.3 Å². The quantitative estimate of drug-likeness (QED) is 0.892. The Hall–Kier alpha value is -1.37. The molecule has 2 aromatic rings. The summed E-state index contributed by atoms with van der Waals surface area (Å²) in [6.07, 6.45) is 0.960. The molecule has 1 aromatic heterocycles. The zero-order valence-corrected chi connectivity index (χ0v) is 13.2. The van der Waals surface area contributed by atoms with Crippen molar-refractivity contribution < 1.29 is 8.42 Å². The second-order valence-electron chi connectivity index (χ2n) is 4.62. The maximum atomic E-state index is 11.9. The van der Waals surface area contributed by atoms with Gasteiger partial charge in [0.2, 0.25) is 10.0 Å². The average Bonchev–Trinajstić information content (AvgIpc) is 2.92. The number of nitrogens with zero attached hydrogens (tertiary/aromatic N) is 1. The van der Waals surface area contributed by atoms with E-state index in [1.54, 1.807) is 35.6 Å². The van der Waals surface area contributed by atoms with Gasteiger partial charge in [0.1, 0.15) is 0 Å². The molecule has 0 atom stereocenters. The molecule has 0 aliphatic carbocycles. The lowest BCUT2D eigenvalue weighted by atomic mass is 10.2. The van der Waals surface area contributed by atoms with Crippen molar-refractivity contribution in [2.75, 3.05) is 26.0 Å². The summed E-state index contributed by atoms with van der Waals surface area (Å²) in [5.41, 5.74) is 2.24. The topological polar surface area (TPSA) is 49.4 Å². The number of thiophene rings is 1. The highest BCUT2D eigenvalue weighted by atomic mass is 32.2. The normalized spacial score (nSPS) is 11.8. The first-order chi connectivity index (χ1) is 9.50. The first-order valence-electron chi connectivity index (χ1n) is 6.28. The zero-order valence-electron chi connectivity index (χ0n) is 11.5. The van der Waals surface area contributed by atoms with E-state index >= 15 is 0 Å². The molecule has 0 bridgehead atoms. The van der Waals surface area contributed by atoms with E-state index in [1.165, 1.54) is 24.0 Å². The van der Waals surface area contributed by atoms with Gasteiger partial charge in [-0.3, -0.25) is 0 Å². The highest BCUT2D eigenvalue weighted by Crippen LogP contribution is 2.16. The summed E-state index contributed by atoms with van der Waals surface area (Å²) in [5, 5.41) is 7.49. The minimum absolute atomic E-state index is 0.311. The first kappa shape index (κ1) is 15.0. The number of rotatable bonds is 6. The standard InChI is InChI=1S/C14H18N2O2S2/c1-16(2)20(17,18)14-5-3-13(4-6-14)15-9-7-12-8-10-19-11-12/h3-6,8,10-11,15H,7,9H2,1-2H3. The number of hydrogen-bond acceptors (Lipinski definition) is 4. The van der Waals surface area contributed by atoms with Crippen LogP contribution in [0.3, 0.4) is 0 Å². The molecule has 0 radical (unpaired) electrons. The van der Waals surface area contributed by atoms with E-state index in [-0.39, 0.29) is 0 Å². The van der Waals surface area contributed by atoms with Crippen LogP contribution in [-0.4, -0.2) is 33.4 Å². The Morgan fingerprint density at radius 2 is 1.85 bits per heavy atom. The Morgan fingerprint density at radius 1 is 1.15 bits per heavy atom. The molecule has 1 aromatic carbocycles. The Kier molecular flexibility index (Phi) is 4.80. The van der Waals surface area contributed by atoms with Gasteiger partial charge in [0.25, 0.3) is 0 Å². The van der Waals surface area contributed by atoms with Crippen LogP contribution in [0.25, 0.3) is 0 Å². The Bertz CT molecular complexity index is 632. The summed E-state index contributed by atoms with van der Waals surface area (Å²) >= 11 is 1.69. The summed E-state index contributed by atoms with van der Waals surface area (Å²) in [6, 6.07) is 8.96. The third kappa shape index (κ3) is 3.59. The lowest BCUT2D eigenvalue weighted by Gasteiger charge is -2.12. The molecular weight excluding hydrogens is 292 g/mol. The Balaban J connectivity index is 1.95. The van der Waals surface area contributed by atoms with E-state index in [2.05, 4.69) is 22.1 Å². The predicted octanol–water partition coefficient (Wildman–Crippen LogP) is 2.65. The van der Waals surface area contributed by atoms with Gasteiger partial charge >= 0.3 is 0 Å². The maximum absolute atomic E-state index is 11.9. The monoisotopic (exact) mass is 310 g/mol. The van der Waals surface area contributed by atoms with Crippen molar-refractivity contribution in [1.82, 2.24) is 4.31 Å². The molecule has 0 fully saturated rings. The van der Waals surface area contributed by atoms with Gasteiger partial charge < -0.3 is 5.32 Å². The summed E-state index contributed by atoms with van der Waals surface area (Å²) in [4.78, 5) is 0.311. The van der Waals surface area contributed by atoms with Gasteiger partial charge in [-0.2, -0.15) is 11.3 Å². The molecule has 1 N–H and O–H groups in total. The smallest absolute Gasteiger partial charge is 0.242 e. The summed E-state index contributed by atoms with van der Waals surface area (Å²) in [6.45, 7) is 0.830. The van der Waals surface area contributed by atoms with Crippen LogP contribution < -0.4 is 5.32 Å². The van der Waals surface area contributed by atoms with Gasteiger partial charge in [-0.05, 0) is 53.1 Å². The third-order valence-corrected chi connectivity index (χ3v) is 5.52. The molecule has 0 amide bonds. The van der Waals surface area contributed by atoms with Crippen LogP contribution in [0.1, 0.15) is 5.56 Å². The fourth-order valence-corrected chi connectivity index (χ4v) is 3.35. The third-order valence-electron chi connectivity index (χ3n) is 2.96. The summed E-state index contributed by atoms with van der Waals surface area (Å²) in [7, 11) is -0.282. The Morgan fingerprint density at radius 3 is 2.40 bits per heavy atom. The molecular formula is C14H18N2O2S2. The molecule has 2 rings (SSSR count). The minimum atomic E-state index is -3.34. The lowest BCUT2D eigenvalue weighted by Crippen LogP contribution is -2.22. The van der Waals surface area contributed by atoms with Crippen molar-refractivity contribution in [3.05, 3.63) is 46.7 Å². The van der Waals surface area contributed by atoms with E-state index < -0.39 is 10.0 Å². The largest absolute Gasteiger partial charge is 0.385 e. The lowest BCUT2D eigenvalue weighted by molar-refractivity contribution is 0.521. The minimum Gasteiger partial charge on any atom is -0.385 e. The zero-order chi connectivity index (χ0) is 14.6. The molecule has 0 spiro atoms. The maximum Gasteiger partial charge on any atom is 0.242 e. The molecule has 6 heteroatoms. The molecule has 0 aliphatic rings. The van der Waals surface area contributed by atoms with Gasteiger partial charge in [-0.15, -0.1) is 0 Å². The van der Waals surface area contributed by atoms with E-state index in [1.807, 2.05) is 0 Å². The van der Waals surface area contributed by atoms with Crippen LogP contribution >= 0.6 is 11.3 Å². The van der Waals surface area contributed by atoms with Crippen LogP contribution in [0.4, 0.5) is 5.69 Å². The second kappa shape index (κ2) is 6.39. The van der Waals surface area contributed by atoms with Gasteiger partial charge in [0, 0.05) is 26.3 Å². The molecule has 1 heterocycles. The molecule has 0 saturated carbocycles. The Labute approximate surface area is 124 Å². The highest BCUT2D eigenvalue weighted by molar-refractivity contribution is 7.89. The number of benzene rings is 1. The van der Waals surface area contributed by atoms with Gasteiger partial charge in [-0.25, -0.2) is 12.7 Å². The molecule has 4 nitrogen and oxygen atoms in total. The van der Waals surface area contributed by atoms with Crippen LogP contribution in [0.5, 0.6) is 0 Å². The predicted molar refractivity (Wildman–Crippen MR) is 83.8 cm³/mol. The van der Waals surface area contributed by atoms with Crippen LogP contribution in [-0.2, 0) is 16.4 Å². The fraction of sp³-hybridized carbons (Fsp3) is 0.286. The fourth-order valence-electron chi connectivity index (χ4n) is 1.74. The highest BCUT2D eigenvalue weighted by Gasteiger charge is 2.16. The molecule has 20 heavy (non-hydrogen) atoms. The van der Waals surface area contributed by atoms with Crippen molar-refractivity contribution in [3.63, 3.8) is 0 Å². The number of sulfonamides is 1. The molecule has 108 valence electrons. The first-order valence-corrected chi connectivity index (χ1v) is 8.66. The summed E-state index contributed by atoms with van der Waals surface area (Å²) < 4.78 is 25.1. The van der Waals surface area contributed by atoms with E-state index in [0.29, 0.717) is 4.90 Å². The van der Waals surface area contributed by atoms with Crippen molar-refractivity contribution in [3.8, 4) is 0 Å². The summed E-state index contributed by atoms with van der Waals surface area (Å²) in [5.74, 6) is 0. The van der Waals surface area contributed by atoms with Gasteiger partial charge in [0.05, 0.1) is 4.90 Å². The average molecular weight is 310 g/mol. The van der Waals surface area contributed by atoms with Gasteiger partial charge in [-0.1, -0.05) is 0 Å². The number of nitrogens with one attached hydrogen (secondary N) is 1. The second-order valence-corrected chi connectivity index (χ2v) is 7.55. The van der Waals surface area contributed by atoms with Crippen molar-refractivity contribution >= 4 is 27.0 Å². The van der Waals surface area contributed by atoms with E-state index in [4.69, 9.17) is 0 Å².